The highest BCUT2D eigenvalue weighted by atomic mass is 32.1. The van der Waals surface area contributed by atoms with E-state index in [9.17, 15) is 14.0 Å². The van der Waals surface area contributed by atoms with Crippen LogP contribution in [0.2, 0.25) is 0 Å². The summed E-state index contributed by atoms with van der Waals surface area (Å²) >= 11 is 1.73. The van der Waals surface area contributed by atoms with Gasteiger partial charge in [0.25, 0.3) is 5.91 Å². The molecule has 3 aromatic rings. The molecule has 0 bridgehead atoms. The Morgan fingerprint density at radius 3 is 3.04 bits per heavy atom. The third-order valence-electron chi connectivity index (χ3n) is 4.85. The molecule has 1 unspecified atom stereocenters. The Balaban J connectivity index is 1.50. The van der Waals surface area contributed by atoms with Crippen LogP contribution < -0.4 is 10.9 Å². The van der Waals surface area contributed by atoms with Crippen molar-refractivity contribution in [2.75, 3.05) is 13.1 Å². The van der Waals surface area contributed by atoms with Crippen LogP contribution in [0.15, 0.2) is 46.6 Å². The number of fused-ring (bicyclic) bond motifs is 1. The summed E-state index contributed by atoms with van der Waals surface area (Å²) < 4.78 is 13.4. The van der Waals surface area contributed by atoms with Gasteiger partial charge in [-0.15, -0.1) is 11.3 Å². The second-order valence-corrected chi connectivity index (χ2v) is 7.90. The molecule has 3 heterocycles. The maximum Gasteiger partial charge on any atom is 0.252 e. The molecule has 140 valence electrons. The molecule has 1 amide bonds. The Bertz CT molecular complexity index is 1020. The molecule has 2 N–H and O–H groups in total. The van der Waals surface area contributed by atoms with Crippen molar-refractivity contribution in [3.8, 4) is 0 Å². The van der Waals surface area contributed by atoms with Gasteiger partial charge in [-0.25, -0.2) is 4.39 Å². The van der Waals surface area contributed by atoms with E-state index in [2.05, 4.69) is 26.6 Å². The van der Waals surface area contributed by atoms with Crippen molar-refractivity contribution < 1.29 is 9.18 Å². The van der Waals surface area contributed by atoms with Crippen molar-refractivity contribution >= 4 is 28.1 Å². The first-order valence-corrected chi connectivity index (χ1v) is 9.84. The molecule has 1 aliphatic rings. The van der Waals surface area contributed by atoms with E-state index in [1.54, 1.807) is 11.3 Å². The van der Waals surface area contributed by atoms with Gasteiger partial charge in [0.1, 0.15) is 5.82 Å². The first kappa shape index (κ1) is 17.9. The number of likely N-dealkylation sites (tertiary alicyclic amines) is 1. The fourth-order valence-electron chi connectivity index (χ4n) is 3.62. The van der Waals surface area contributed by atoms with Crippen molar-refractivity contribution in [2.24, 2.45) is 0 Å². The quantitative estimate of drug-likeness (QED) is 0.725. The summed E-state index contributed by atoms with van der Waals surface area (Å²) in [4.78, 5) is 30.9. The normalized spacial score (nSPS) is 17.9. The number of pyridine rings is 1. The number of aromatic amines is 1. The molecule has 1 aliphatic heterocycles. The number of hydrogen-bond donors (Lipinski definition) is 2. The first-order valence-electron chi connectivity index (χ1n) is 8.97. The Labute approximate surface area is 159 Å². The highest BCUT2D eigenvalue weighted by Gasteiger charge is 2.23. The van der Waals surface area contributed by atoms with Crippen LogP contribution in [0.25, 0.3) is 10.9 Å². The number of aromatic nitrogens is 1. The standard InChI is InChI=1S/C20H20FN3O2S/c21-13-5-6-16-17(10-19(25)23-18(16)9-13)20(26)22-14-3-1-7-24(11-14)12-15-4-2-8-27-15/h2,4-6,8-10,14H,1,3,7,11-12H2,(H,22,26)(H,23,25). The lowest BCUT2D eigenvalue weighted by Crippen LogP contribution is -2.47. The van der Waals surface area contributed by atoms with E-state index < -0.39 is 11.4 Å². The van der Waals surface area contributed by atoms with Gasteiger partial charge in [0.2, 0.25) is 5.56 Å². The van der Waals surface area contributed by atoms with E-state index in [0.29, 0.717) is 10.9 Å². The average molecular weight is 385 g/mol. The number of nitrogens with one attached hydrogen (secondary N) is 2. The predicted octanol–water partition coefficient (Wildman–Crippen LogP) is 3.12. The van der Waals surface area contributed by atoms with Gasteiger partial charge >= 0.3 is 0 Å². The van der Waals surface area contributed by atoms with Crippen molar-refractivity contribution in [3.63, 3.8) is 0 Å². The topological polar surface area (TPSA) is 65.2 Å². The lowest BCUT2D eigenvalue weighted by molar-refractivity contribution is 0.0902. The minimum atomic E-state index is -0.452. The van der Waals surface area contributed by atoms with E-state index in [1.165, 1.54) is 29.1 Å². The van der Waals surface area contributed by atoms with Crippen LogP contribution in [0.4, 0.5) is 4.39 Å². The number of H-pyrrole nitrogens is 1. The Kier molecular flexibility index (Phi) is 5.05. The number of thiophene rings is 1. The van der Waals surface area contributed by atoms with Crippen molar-refractivity contribution in [3.05, 3.63) is 68.4 Å². The third kappa shape index (κ3) is 4.09. The molecule has 4 rings (SSSR count). The number of amides is 1. The molecule has 0 radical (unpaired) electrons. The highest BCUT2D eigenvalue weighted by molar-refractivity contribution is 7.09. The monoisotopic (exact) mass is 385 g/mol. The van der Waals surface area contributed by atoms with E-state index in [1.807, 2.05) is 6.07 Å². The maximum absolute atomic E-state index is 13.4. The molecule has 7 heteroatoms. The summed E-state index contributed by atoms with van der Waals surface area (Å²) in [5.41, 5.74) is 0.195. The summed E-state index contributed by atoms with van der Waals surface area (Å²) in [6, 6.07) is 9.53. The van der Waals surface area contributed by atoms with Crippen LogP contribution in [0.3, 0.4) is 0 Å². The number of halogens is 1. The van der Waals surface area contributed by atoms with Crippen molar-refractivity contribution in [1.82, 2.24) is 15.2 Å². The minimum Gasteiger partial charge on any atom is -0.348 e. The number of rotatable bonds is 4. The zero-order chi connectivity index (χ0) is 18.8. The van der Waals surface area contributed by atoms with Crippen LogP contribution >= 0.6 is 11.3 Å². The van der Waals surface area contributed by atoms with Crippen LogP contribution in [0, 0.1) is 5.82 Å². The summed E-state index contributed by atoms with van der Waals surface area (Å²) in [5, 5.41) is 5.67. The summed E-state index contributed by atoms with van der Waals surface area (Å²) in [7, 11) is 0. The molecule has 2 aromatic heterocycles. The molecular formula is C20H20FN3O2S. The fraction of sp³-hybridized carbons (Fsp3) is 0.300. The lowest BCUT2D eigenvalue weighted by atomic mass is 10.0. The van der Waals surface area contributed by atoms with E-state index in [-0.39, 0.29) is 17.5 Å². The van der Waals surface area contributed by atoms with Crippen LogP contribution in [-0.4, -0.2) is 34.9 Å². The summed E-state index contributed by atoms with van der Waals surface area (Å²) in [5.74, 6) is -0.743. The molecule has 1 saturated heterocycles. The Morgan fingerprint density at radius 2 is 2.22 bits per heavy atom. The van der Waals surface area contributed by atoms with Crippen LogP contribution in [0.5, 0.6) is 0 Å². The number of benzene rings is 1. The lowest BCUT2D eigenvalue weighted by Gasteiger charge is -2.32. The molecule has 27 heavy (non-hydrogen) atoms. The smallest absolute Gasteiger partial charge is 0.252 e. The zero-order valence-corrected chi connectivity index (χ0v) is 15.5. The second-order valence-electron chi connectivity index (χ2n) is 6.86. The summed E-state index contributed by atoms with van der Waals surface area (Å²) in [6.07, 6.45) is 1.92. The van der Waals surface area contributed by atoms with Gasteiger partial charge in [0.15, 0.2) is 0 Å². The molecular weight excluding hydrogens is 365 g/mol. The number of nitrogens with zero attached hydrogens (tertiary/aromatic N) is 1. The average Bonchev–Trinajstić information content (AvgIpc) is 3.14. The molecule has 0 aliphatic carbocycles. The number of hydrogen-bond acceptors (Lipinski definition) is 4. The third-order valence-corrected chi connectivity index (χ3v) is 5.71. The van der Waals surface area contributed by atoms with Gasteiger partial charge in [0, 0.05) is 35.5 Å². The Hall–Kier alpha value is -2.51. The van der Waals surface area contributed by atoms with Gasteiger partial charge in [-0.05, 0) is 49.0 Å². The summed E-state index contributed by atoms with van der Waals surface area (Å²) in [6.45, 7) is 2.67. The van der Waals surface area contributed by atoms with Gasteiger partial charge < -0.3 is 10.3 Å². The minimum absolute atomic E-state index is 0.0287. The molecule has 0 saturated carbocycles. The molecule has 0 spiro atoms. The van der Waals surface area contributed by atoms with E-state index in [0.717, 1.165) is 32.5 Å². The second kappa shape index (κ2) is 7.62. The number of piperidine rings is 1. The van der Waals surface area contributed by atoms with Gasteiger partial charge in [-0.2, -0.15) is 0 Å². The van der Waals surface area contributed by atoms with Crippen molar-refractivity contribution in [1.29, 1.82) is 0 Å². The van der Waals surface area contributed by atoms with Gasteiger partial charge in [-0.3, -0.25) is 14.5 Å². The van der Waals surface area contributed by atoms with E-state index >= 15 is 0 Å². The molecule has 5 nitrogen and oxygen atoms in total. The predicted molar refractivity (Wildman–Crippen MR) is 105 cm³/mol. The fourth-order valence-corrected chi connectivity index (χ4v) is 4.37. The molecule has 1 aromatic carbocycles. The SMILES string of the molecule is O=C(NC1CCCN(Cc2cccs2)C1)c1cc(=O)[nH]c2cc(F)ccc12. The van der Waals surface area contributed by atoms with Crippen LogP contribution in [-0.2, 0) is 6.54 Å². The number of carbonyl (C=O) groups excluding carboxylic acids is 1. The largest absolute Gasteiger partial charge is 0.348 e. The van der Waals surface area contributed by atoms with E-state index in [4.69, 9.17) is 0 Å². The number of carbonyl (C=O) groups is 1. The van der Waals surface area contributed by atoms with Crippen molar-refractivity contribution in [2.45, 2.75) is 25.4 Å². The Morgan fingerprint density at radius 1 is 1.33 bits per heavy atom. The molecule has 1 fully saturated rings. The molecule has 1 atom stereocenters. The van der Waals surface area contributed by atoms with Gasteiger partial charge in [-0.1, -0.05) is 6.07 Å². The first-order chi connectivity index (χ1) is 13.1. The van der Waals surface area contributed by atoms with Gasteiger partial charge in [0.05, 0.1) is 11.1 Å². The van der Waals surface area contributed by atoms with Crippen LogP contribution in [0.1, 0.15) is 28.1 Å². The highest BCUT2D eigenvalue weighted by Crippen LogP contribution is 2.19. The zero-order valence-electron chi connectivity index (χ0n) is 14.7. The maximum atomic E-state index is 13.4.